The van der Waals surface area contributed by atoms with Crippen LogP contribution in [0.4, 0.5) is 0 Å². The molecule has 4 rings (SSSR count). The zero-order valence-electron chi connectivity index (χ0n) is 22.6. The Labute approximate surface area is 204 Å². The number of ether oxygens (including phenoxy) is 1. The highest BCUT2D eigenvalue weighted by molar-refractivity contribution is 5.66. The minimum Gasteiger partial charge on any atom is -0.462 e. The van der Waals surface area contributed by atoms with Crippen molar-refractivity contribution in [1.82, 2.24) is 0 Å². The molecule has 0 spiro atoms. The molecule has 0 aromatic carbocycles. The molecule has 2 nitrogen and oxygen atoms in total. The summed E-state index contributed by atoms with van der Waals surface area (Å²) < 4.78 is 5.75. The smallest absolute Gasteiger partial charge is 0.302 e. The lowest BCUT2D eigenvalue weighted by atomic mass is 9.46. The SMILES string of the molecule is C=C(CC[C@@H](C)[C@H]1CC[C@H]2C3=CCC4C(C)C(OC(C)=O)CC[C@]4(C)[C@H]3CC[C@]12C)C(C)C. The van der Waals surface area contributed by atoms with Gasteiger partial charge < -0.3 is 4.74 Å². The normalized spacial score (nSPS) is 43.2. The van der Waals surface area contributed by atoms with Crippen LogP contribution in [0.25, 0.3) is 0 Å². The van der Waals surface area contributed by atoms with Crippen LogP contribution in [0.3, 0.4) is 0 Å². The fourth-order valence-electron chi connectivity index (χ4n) is 9.19. The van der Waals surface area contributed by atoms with Crippen molar-refractivity contribution in [3.8, 4) is 0 Å². The average Bonchev–Trinajstić information content (AvgIpc) is 3.11. The van der Waals surface area contributed by atoms with E-state index in [1.165, 1.54) is 56.9 Å². The maximum absolute atomic E-state index is 11.6. The molecular weight excluding hydrogens is 404 g/mol. The van der Waals surface area contributed by atoms with Crippen molar-refractivity contribution in [2.24, 2.45) is 52.3 Å². The molecule has 0 aliphatic heterocycles. The summed E-state index contributed by atoms with van der Waals surface area (Å²) in [6.45, 7) is 20.6. The summed E-state index contributed by atoms with van der Waals surface area (Å²) >= 11 is 0. The summed E-state index contributed by atoms with van der Waals surface area (Å²) in [5.41, 5.74) is 4.12. The van der Waals surface area contributed by atoms with Gasteiger partial charge in [0.05, 0.1) is 0 Å². The van der Waals surface area contributed by atoms with E-state index < -0.39 is 0 Å². The molecule has 3 saturated carbocycles. The van der Waals surface area contributed by atoms with Gasteiger partial charge in [0.1, 0.15) is 6.10 Å². The van der Waals surface area contributed by atoms with Gasteiger partial charge in [-0.15, -0.1) is 0 Å². The highest BCUT2D eigenvalue weighted by Crippen LogP contribution is 2.67. The van der Waals surface area contributed by atoms with E-state index >= 15 is 0 Å². The molecule has 0 N–H and O–H groups in total. The van der Waals surface area contributed by atoms with Gasteiger partial charge in [0, 0.05) is 6.92 Å². The summed E-state index contributed by atoms with van der Waals surface area (Å²) in [5, 5.41) is 0. The summed E-state index contributed by atoms with van der Waals surface area (Å²) in [6.07, 6.45) is 14.3. The molecule has 0 aromatic rings. The maximum Gasteiger partial charge on any atom is 0.302 e. The van der Waals surface area contributed by atoms with E-state index in [0.29, 0.717) is 28.6 Å². The van der Waals surface area contributed by atoms with Crippen molar-refractivity contribution in [2.45, 2.75) is 112 Å². The largest absolute Gasteiger partial charge is 0.462 e. The number of carbonyl (C=O) groups excluding carboxylic acids is 1. The molecule has 33 heavy (non-hydrogen) atoms. The van der Waals surface area contributed by atoms with Crippen molar-refractivity contribution in [1.29, 1.82) is 0 Å². The van der Waals surface area contributed by atoms with Crippen LogP contribution in [0, 0.1) is 52.3 Å². The van der Waals surface area contributed by atoms with Gasteiger partial charge in [0.2, 0.25) is 0 Å². The van der Waals surface area contributed by atoms with Gasteiger partial charge in [-0.05, 0) is 110 Å². The Kier molecular flexibility index (Phi) is 6.98. The second-order valence-electron chi connectivity index (χ2n) is 13.3. The molecule has 0 heterocycles. The summed E-state index contributed by atoms with van der Waals surface area (Å²) in [7, 11) is 0. The third kappa shape index (κ3) is 4.27. The van der Waals surface area contributed by atoms with Crippen LogP contribution < -0.4 is 0 Å². The molecule has 9 atom stereocenters. The van der Waals surface area contributed by atoms with E-state index in [9.17, 15) is 4.79 Å². The van der Waals surface area contributed by atoms with E-state index in [1.54, 1.807) is 6.92 Å². The lowest BCUT2D eigenvalue weighted by Crippen LogP contribution is -2.53. The van der Waals surface area contributed by atoms with Crippen molar-refractivity contribution in [3.05, 3.63) is 23.8 Å². The molecule has 186 valence electrons. The number of hydrogen-bond donors (Lipinski definition) is 0. The number of esters is 1. The second kappa shape index (κ2) is 9.19. The van der Waals surface area contributed by atoms with Gasteiger partial charge in [-0.1, -0.05) is 65.3 Å². The summed E-state index contributed by atoms with van der Waals surface area (Å²) in [6, 6.07) is 0. The molecular formula is C31H50O2. The van der Waals surface area contributed by atoms with E-state index in [1.807, 2.05) is 5.57 Å². The van der Waals surface area contributed by atoms with Gasteiger partial charge in [0.25, 0.3) is 0 Å². The van der Waals surface area contributed by atoms with Gasteiger partial charge in [-0.3, -0.25) is 4.79 Å². The first kappa shape index (κ1) is 25.1. The Morgan fingerprint density at radius 3 is 2.42 bits per heavy atom. The van der Waals surface area contributed by atoms with Crippen LogP contribution in [-0.4, -0.2) is 12.1 Å². The van der Waals surface area contributed by atoms with Crippen LogP contribution in [-0.2, 0) is 9.53 Å². The lowest BCUT2D eigenvalue weighted by molar-refractivity contribution is -0.158. The Morgan fingerprint density at radius 2 is 1.76 bits per heavy atom. The highest BCUT2D eigenvalue weighted by atomic mass is 16.5. The molecule has 3 fully saturated rings. The Bertz CT molecular complexity index is 793. The van der Waals surface area contributed by atoms with Gasteiger partial charge in [-0.25, -0.2) is 0 Å². The van der Waals surface area contributed by atoms with Gasteiger partial charge in [0.15, 0.2) is 0 Å². The average molecular weight is 455 g/mol. The van der Waals surface area contributed by atoms with Gasteiger partial charge in [-0.2, -0.15) is 0 Å². The number of fused-ring (bicyclic) bond motifs is 5. The zero-order chi connectivity index (χ0) is 24.1. The minimum atomic E-state index is -0.112. The topological polar surface area (TPSA) is 26.3 Å². The summed E-state index contributed by atoms with van der Waals surface area (Å²) in [5.74, 6) is 4.78. The number of allylic oxidation sites excluding steroid dienone is 3. The first-order chi connectivity index (χ1) is 15.5. The molecule has 4 aliphatic rings. The molecule has 2 heteroatoms. The Hall–Kier alpha value is -1.05. The number of hydrogen-bond acceptors (Lipinski definition) is 2. The van der Waals surface area contributed by atoms with Crippen molar-refractivity contribution in [2.75, 3.05) is 0 Å². The predicted octanol–water partition coefficient (Wildman–Crippen LogP) is 8.37. The maximum atomic E-state index is 11.6. The first-order valence-corrected chi connectivity index (χ1v) is 14.0. The van der Waals surface area contributed by atoms with Crippen LogP contribution >= 0.6 is 0 Å². The quantitative estimate of drug-likeness (QED) is 0.297. The predicted molar refractivity (Wildman–Crippen MR) is 138 cm³/mol. The highest BCUT2D eigenvalue weighted by Gasteiger charge is 2.59. The third-order valence-electron chi connectivity index (χ3n) is 11.4. The molecule has 3 unspecified atom stereocenters. The van der Waals surface area contributed by atoms with Crippen molar-refractivity contribution >= 4 is 5.97 Å². The Morgan fingerprint density at radius 1 is 1.09 bits per heavy atom. The fourth-order valence-corrected chi connectivity index (χ4v) is 9.19. The van der Waals surface area contributed by atoms with Crippen LogP contribution in [0.1, 0.15) is 106 Å². The zero-order valence-corrected chi connectivity index (χ0v) is 22.6. The number of carbonyl (C=O) groups is 1. The second-order valence-corrected chi connectivity index (χ2v) is 13.3. The molecule has 0 radical (unpaired) electrons. The lowest BCUT2D eigenvalue weighted by Gasteiger charge is -2.59. The first-order valence-electron chi connectivity index (χ1n) is 14.0. The molecule has 0 bridgehead atoms. The van der Waals surface area contributed by atoms with Gasteiger partial charge >= 0.3 is 5.97 Å². The fraction of sp³-hybridized carbons (Fsp3) is 0.839. The Balaban J connectivity index is 1.51. The van der Waals surface area contributed by atoms with Crippen LogP contribution in [0.2, 0.25) is 0 Å². The van der Waals surface area contributed by atoms with E-state index in [2.05, 4.69) is 54.2 Å². The third-order valence-corrected chi connectivity index (χ3v) is 11.4. The summed E-state index contributed by atoms with van der Waals surface area (Å²) in [4.78, 5) is 11.6. The molecule has 0 aromatic heterocycles. The molecule has 0 amide bonds. The molecule has 4 aliphatic carbocycles. The molecule has 0 saturated heterocycles. The number of rotatable bonds is 6. The van der Waals surface area contributed by atoms with Crippen molar-refractivity contribution in [3.63, 3.8) is 0 Å². The van der Waals surface area contributed by atoms with E-state index in [0.717, 1.165) is 30.1 Å². The van der Waals surface area contributed by atoms with Crippen LogP contribution in [0.5, 0.6) is 0 Å². The minimum absolute atomic E-state index is 0.112. The monoisotopic (exact) mass is 454 g/mol. The standard InChI is InChI=1S/C31H50O2/c1-19(2)20(3)9-10-21(4)25-13-14-27-24-11-12-26-22(5)29(33-23(6)32)16-18-31(26,8)28(24)15-17-30(25,27)7/h11,19,21-22,25-29H,3,9-10,12-18H2,1-2,4-8H3/t21-,22?,25-,26?,27+,28+,29?,30-,31+/m1/s1. The van der Waals surface area contributed by atoms with Crippen LogP contribution in [0.15, 0.2) is 23.8 Å². The van der Waals surface area contributed by atoms with E-state index in [4.69, 9.17) is 4.74 Å². The van der Waals surface area contributed by atoms with E-state index in [-0.39, 0.29) is 12.1 Å². The van der Waals surface area contributed by atoms with Crippen molar-refractivity contribution < 1.29 is 9.53 Å².